The van der Waals surface area contributed by atoms with E-state index in [-0.39, 0.29) is 5.75 Å². The summed E-state index contributed by atoms with van der Waals surface area (Å²) in [5.41, 5.74) is 3.31. The van der Waals surface area contributed by atoms with E-state index in [4.69, 9.17) is 15.3 Å². The van der Waals surface area contributed by atoms with Gasteiger partial charge in [-0.2, -0.15) is 0 Å². The Labute approximate surface area is 125 Å². The highest BCUT2D eigenvalue weighted by atomic mass is 32.2. The number of benzene rings is 1. The molecule has 118 valence electrons. The maximum absolute atomic E-state index is 12.4. The Morgan fingerprint density at radius 1 is 1.24 bits per heavy atom. The molecule has 3 N–H and O–H groups in total. The van der Waals surface area contributed by atoms with Gasteiger partial charge in [0.2, 0.25) is 0 Å². The average molecular weight is 314 g/mol. The molecule has 1 saturated heterocycles. The van der Waals surface area contributed by atoms with E-state index in [9.17, 15) is 8.42 Å². The molecule has 1 aromatic rings. The number of methoxy groups -OCH3 is 2. The summed E-state index contributed by atoms with van der Waals surface area (Å²) >= 11 is 0. The fourth-order valence-electron chi connectivity index (χ4n) is 2.92. The normalized spacial score (nSPS) is 22.5. The van der Waals surface area contributed by atoms with Gasteiger partial charge < -0.3 is 9.47 Å². The smallest absolute Gasteiger partial charge is 0.155 e. The number of hydrogen-bond acceptors (Lipinski definition) is 6. The Kier molecular flexibility index (Phi) is 5.08. The number of rotatable bonds is 5. The van der Waals surface area contributed by atoms with Crippen molar-refractivity contribution in [2.45, 2.75) is 30.6 Å². The molecule has 2 rings (SSSR count). The van der Waals surface area contributed by atoms with Gasteiger partial charge in [-0.05, 0) is 25.0 Å². The average Bonchev–Trinajstić information content (AvgIpc) is 2.49. The lowest BCUT2D eigenvalue weighted by atomic mass is 9.98. The Morgan fingerprint density at radius 2 is 1.86 bits per heavy atom. The third kappa shape index (κ3) is 3.14. The Hall–Kier alpha value is -1.31. The molecule has 0 saturated carbocycles. The number of nitrogens with two attached hydrogens (primary N) is 1. The van der Waals surface area contributed by atoms with Gasteiger partial charge in [-0.15, -0.1) is 0 Å². The van der Waals surface area contributed by atoms with Crippen molar-refractivity contribution in [1.29, 1.82) is 0 Å². The molecule has 2 atom stereocenters. The first-order valence-electron chi connectivity index (χ1n) is 6.93. The largest absolute Gasteiger partial charge is 0.496 e. The van der Waals surface area contributed by atoms with E-state index in [2.05, 4.69) is 5.43 Å². The summed E-state index contributed by atoms with van der Waals surface area (Å²) in [5.74, 6) is 7.02. The molecule has 0 radical (unpaired) electrons. The van der Waals surface area contributed by atoms with Crippen molar-refractivity contribution in [3.63, 3.8) is 0 Å². The van der Waals surface area contributed by atoms with E-state index in [1.807, 2.05) is 0 Å². The molecular formula is C14H22N2O4S. The predicted molar refractivity (Wildman–Crippen MR) is 81.0 cm³/mol. The van der Waals surface area contributed by atoms with Crippen LogP contribution in [0.1, 0.15) is 30.9 Å². The summed E-state index contributed by atoms with van der Waals surface area (Å²) in [7, 11) is -0.101. The van der Waals surface area contributed by atoms with Gasteiger partial charge in [-0.1, -0.05) is 12.5 Å². The van der Waals surface area contributed by atoms with E-state index >= 15 is 0 Å². The summed E-state index contributed by atoms with van der Waals surface area (Å²) in [6.45, 7) is 0. The van der Waals surface area contributed by atoms with E-state index in [1.165, 1.54) is 0 Å². The lowest BCUT2D eigenvalue weighted by molar-refractivity contribution is 0.362. The highest BCUT2D eigenvalue weighted by Crippen LogP contribution is 2.39. The number of hydrogen-bond donors (Lipinski definition) is 2. The van der Waals surface area contributed by atoms with Crippen molar-refractivity contribution in [3.05, 3.63) is 23.8 Å². The molecule has 1 aliphatic heterocycles. The SMILES string of the molecule is COc1cccc(OC)c1C(NN)C1CCCCS1(=O)=O. The van der Waals surface area contributed by atoms with Gasteiger partial charge in [0.1, 0.15) is 11.5 Å². The lowest BCUT2D eigenvalue weighted by Gasteiger charge is -2.31. The number of hydrazine groups is 1. The van der Waals surface area contributed by atoms with Gasteiger partial charge in [0.05, 0.1) is 36.8 Å². The first-order valence-corrected chi connectivity index (χ1v) is 8.65. The second-order valence-electron chi connectivity index (χ2n) is 5.12. The van der Waals surface area contributed by atoms with E-state index < -0.39 is 21.1 Å². The fraction of sp³-hybridized carbons (Fsp3) is 0.571. The number of sulfone groups is 1. The Bertz CT molecular complexity index is 566. The van der Waals surface area contributed by atoms with Crippen LogP contribution in [0, 0.1) is 0 Å². The van der Waals surface area contributed by atoms with Crippen molar-refractivity contribution >= 4 is 9.84 Å². The summed E-state index contributed by atoms with van der Waals surface area (Å²) in [4.78, 5) is 0. The van der Waals surface area contributed by atoms with Crippen LogP contribution in [0.15, 0.2) is 18.2 Å². The first kappa shape index (κ1) is 16.1. The molecule has 21 heavy (non-hydrogen) atoms. The van der Waals surface area contributed by atoms with Crippen LogP contribution < -0.4 is 20.7 Å². The van der Waals surface area contributed by atoms with E-state index in [1.54, 1.807) is 32.4 Å². The van der Waals surface area contributed by atoms with Crippen LogP contribution in [0.3, 0.4) is 0 Å². The van der Waals surface area contributed by atoms with Gasteiger partial charge >= 0.3 is 0 Å². The molecule has 0 aliphatic carbocycles. The summed E-state index contributed by atoms with van der Waals surface area (Å²) < 4.78 is 35.5. The Balaban J connectivity index is 2.51. The van der Waals surface area contributed by atoms with Crippen molar-refractivity contribution in [1.82, 2.24) is 5.43 Å². The molecule has 0 bridgehead atoms. The van der Waals surface area contributed by atoms with Crippen LogP contribution in [0.25, 0.3) is 0 Å². The molecule has 1 aliphatic rings. The van der Waals surface area contributed by atoms with Gasteiger partial charge in [0.25, 0.3) is 0 Å². The fourth-order valence-corrected chi connectivity index (χ4v) is 4.98. The van der Waals surface area contributed by atoms with Gasteiger partial charge in [-0.25, -0.2) is 8.42 Å². The minimum atomic E-state index is -3.19. The first-order chi connectivity index (χ1) is 10.0. The zero-order valence-corrected chi connectivity index (χ0v) is 13.2. The molecule has 0 spiro atoms. The van der Waals surface area contributed by atoms with Crippen LogP contribution in [0.4, 0.5) is 0 Å². The molecule has 1 fully saturated rings. The third-order valence-corrected chi connectivity index (χ3v) is 6.25. The van der Waals surface area contributed by atoms with E-state index in [0.29, 0.717) is 29.9 Å². The predicted octanol–water partition coefficient (Wildman–Crippen LogP) is 1.18. The van der Waals surface area contributed by atoms with Gasteiger partial charge in [0, 0.05) is 0 Å². The van der Waals surface area contributed by atoms with Crippen molar-refractivity contribution in [2.24, 2.45) is 5.84 Å². The highest BCUT2D eigenvalue weighted by molar-refractivity contribution is 7.92. The molecule has 0 aromatic heterocycles. The van der Waals surface area contributed by atoms with Crippen molar-refractivity contribution < 1.29 is 17.9 Å². The molecule has 6 nitrogen and oxygen atoms in total. The highest BCUT2D eigenvalue weighted by Gasteiger charge is 2.38. The second kappa shape index (κ2) is 6.64. The standard InChI is InChI=1S/C14H22N2O4S/c1-19-10-6-5-7-11(20-2)13(10)14(16-15)12-8-3-4-9-21(12,17)18/h5-7,12,14,16H,3-4,8-9,15H2,1-2H3. The molecule has 2 unspecified atom stereocenters. The molecule has 7 heteroatoms. The summed E-state index contributed by atoms with van der Waals surface area (Å²) in [6, 6.07) is 4.79. The number of nitrogens with one attached hydrogen (secondary N) is 1. The molecule has 1 aromatic carbocycles. The van der Waals surface area contributed by atoms with Crippen LogP contribution in [-0.2, 0) is 9.84 Å². The second-order valence-corrected chi connectivity index (χ2v) is 7.46. The monoisotopic (exact) mass is 314 g/mol. The van der Waals surface area contributed by atoms with Crippen LogP contribution in [-0.4, -0.2) is 33.6 Å². The van der Waals surface area contributed by atoms with Gasteiger partial charge in [0.15, 0.2) is 9.84 Å². The molecule has 0 amide bonds. The minimum Gasteiger partial charge on any atom is -0.496 e. The molecular weight excluding hydrogens is 292 g/mol. The van der Waals surface area contributed by atoms with Crippen molar-refractivity contribution in [3.8, 4) is 11.5 Å². The summed E-state index contributed by atoms with van der Waals surface area (Å²) in [5, 5.41) is -0.568. The van der Waals surface area contributed by atoms with E-state index in [0.717, 1.165) is 6.42 Å². The number of ether oxygens (including phenoxy) is 2. The topological polar surface area (TPSA) is 90.7 Å². The van der Waals surface area contributed by atoms with Crippen LogP contribution in [0.2, 0.25) is 0 Å². The summed E-state index contributed by atoms with van der Waals surface area (Å²) in [6.07, 6.45) is 2.16. The van der Waals surface area contributed by atoms with Crippen LogP contribution >= 0.6 is 0 Å². The zero-order valence-electron chi connectivity index (χ0n) is 12.3. The zero-order chi connectivity index (χ0) is 15.5. The Morgan fingerprint density at radius 3 is 2.33 bits per heavy atom. The van der Waals surface area contributed by atoms with Crippen molar-refractivity contribution in [2.75, 3.05) is 20.0 Å². The quantitative estimate of drug-likeness (QED) is 0.626. The van der Waals surface area contributed by atoms with Crippen LogP contribution in [0.5, 0.6) is 11.5 Å². The van der Waals surface area contributed by atoms with Gasteiger partial charge in [-0.3, -0.25) is 11.3 Å². The minimum absolute atomic E-state index is 0.202. The maximum Gasteiger partial charge on any atom is 0.155 e. The molecule has 1 heterocycles. The third-order valence-electron chi connectivity index (χ3n) is 3.96. The lowest BCUT2D eigenvalue weighted by Crippen LogP contribution is -2.43. The maximum atomic E-state index is 12.4.